The molecule has 1 amide bonds. The first-order chi connectivity index (χ1) is 16.2. The third-order valence-corrected chi connectivity index (χ3v) is 6.86. The zero-order chi connectivity index (χ0) is 24.7. The number of hydrogen-bond donors (Lipinski definition) is 1. The molecule has 0 bridgehead atoms. The van der Waals surface area contributed by atoms with Gasteiger partial charge in [0, 0.05) is 10.5 Å². The molecule has 8 nitrogen and oxygen atoms in total. The van der Waals surface area contributed by atoms with Gasteiger partial charge in [-0.3, -0.25) is 9.10 Å². The molecule has 0 aliphatic rings. The van der Waals surface area contributed by atoms with Crippen LogP contribution in [0, 0.1) is 5.82 Å². The van der Waals surface area contributed by atoms with E-state index in [1.54, 1.807) is 18.2 Å². The SMILES string of the molecule is COc1ccc(S(=O)(=O)N(CC(=O)N/N=C\c2cccc(Br)c2)c2ccc(F)cc2)cc1OC. The van der Waals surface area contributed by atoms with Crippen LogP contribution in [0.25, 0.3) is 0 Å². The van der Waals surface area contributed by atoms with Gasteiger partial charge in [-0.05, 0) is 54.1 Å². The van der Waals surface area contributed by atoms with Gasteiger partial charge in [0.25, 0.3) is 15.9 Å². The first-order valence-electron chi connectivity index (χ1n) is 9.82. The Morgan fingerprint density at radius 1 is 1.06 bits per heavy atom. The summed E-state index contributed by atoms with van der Waals surface area (Å²) in [5, 5.41) is 3.88. The lowest BCUT2D eigenvalue weighted by Gasteiger charge is -2.24. The Morgan fingerprint density at radius 3 is 2.41 bits per heavy atom. The second-order valence-electron chi connectivity index (χ2n) is 6.85. The number of carbonyl (C=O) groups excluding carboxylic acids is 1. The van der Waals surface area contributed by atoms with Gasteiger partial charge in [0.05, 0.1) is 31.0 Å². The first kappa shape index (κ1) is 25.2. The number of sulfonamides is 1. The Hall–Kier alpha value is -3.44. The lowest BCUT2D eigenvalue weighted by atomic mass is 10.2. The highest BCUT2D eigenvalue weighted by Gasteiger charge is 2.28. The van der Waals surface area contributed by atoms with Crippen molar-refractivity contribution in [1.82, 2.24) is 5.43 Å². The van der Waals surface area contributed by atoms with Crippen LogP contribution in [0.2, 0.25) is 0 Å². The Morgan fingerprint density at radius 2 is 1.76 bits per heavy atom. The first-order valence-corrected chi connectivity index (χ1v) is 12.1. The molecule has 0 spiro atoms. The highest BCUT2D eigenvalue weighted by Crippen LogP contribution is 2.32. The van der Waals surface area contributed by atoms with Crippen LogP contribution in [0.15, 0.2) is 81.2 Å². The zero-order valence-corrected chi connectivity index (χ0v) is 20.6. The van der Waals surface area contributed by atoms with Crippen molar-refractivity contribution < 1.29 is 27.1 Å². The van der Waals surface area contributed by atoms with Gasteiger partial charge in [0.2, 0.25) is 0 Å². The minimum absolute atomic E-state index is 0.0994. The minimum Gasteiger partial charge on any atom is -0.493 e. The minimum atomic E-state index is -4.25. The highest BCUT2D eigenvalue weighted by molar-refractivity contribution is 9.10. The number of rotatable bonds is 9. The Bertz CT molecular complexity index is 1300. The van der Waals surface area contributed by atoms with Crippen molar-refractivity contribution in [1.29, 1.82) is 0 Å². The van der Waals surface area contributed by atoms with E-state index in [4.69, 9.17) is 9.47 Å². The summed E-state index contributed by atoms with van der Waals surface area (Å²) in [6.45, 7) is -0.599. The van der Waals surface area contributed by atoms with E-state index < -0.39 is 28.3 Å². The molecular weight excluding hydrogens is 529 g/mol. The summed E-state index contributed by atoms with van der Waals surface area (Å²) in [4.78, 5) is 12.5. The molecule has 0 unspecified atom stereocenters. The van der Waals surface area contributed by atoms with Gasteiger partial charge in [-0.2, -0.15) is 5.10 Å². The molecule has 0 atom stereocenters. The molecule has 34 heavy (non-hydrogen) atoms. The van der Waals surface area contributed by atoms with Crippen molar-refractivity contribution >= 4 is 43.8 Å². The molecule has 0 aliphatic carbocycles. The van der Waals surface area contributed by atoms with Crippen LogP contribution in [0.4, 0.5) is 10.1 Å². The summed E-state index contributed by atoms with van der Waals surface area (Å²) in [5.41, 5.74) is 3.14. The second-order valence-corrected chi connectivity index (χ2v) is 9.63. The van der Waals surface area contributed by atoms with Gasteiger partial charge in [-0.1, -0.05) is 28.1 Å². The van der Waals surface area contributed by atoms with E-state index in [1.165, 1.54) is 50.8 Å². The summed E-state index contributed by atoms with van der Waals surface area (Å²) in [6.07, 6.45) is 1.42. The van der Waals surface area contributed by atoms with Crippen molar-refractivity contribution in [3.8, 4) is 11.5 Å². The van der Waals surface area contributed by atoms with Crippen LogP contribution in [-0.2, 0) is 14.8 Å². The normalized spacial score (nSPS) is 11.3. The summed E-state index contributed by atoms with van der Waals surface area (Å²) in [5.74, 6) is -0.699. The van der Waals surface area contributed by atoms with Gasteiger partial charge in [0.15, 0.2) is 11.5 Å². The quantitative estimate of drug-likeness (QED) is 0.322. The standard InChI is InChI=1S/C23H21BrFN3O5S/c1-32-21-11-10-20(13-22(21)33-2)34(30,31)28(19-8-6-18(25)7-9-19)15-23(29)27-26-14-16-4-3-5-17(24)12-16/h3-14H,15H2,1-2H3,(H,27,29)/b26-14-. The molecule has 3 rings (SSSR count). The van der Waals surface area contributed by atoms with Crippen LogP contribution < -0.4 is 19.2 Å². The van der Waals surface area contributed by atoms with Gasteiger partial charge in [-0.25, -0.2) is 18.2 Å². The van der Waals surface area contributed by atoms with Gasteiger partial charge in [-0.15, -0.1) is 0 Å². The number of anilines is 1. The van der Waals surface area contributed by atoms with E-state index in [0.717, 1.165) is 26.5 Å². The van der Waals surface area contributed by atoms with E-state index in [0.29, 0.717) is 5.75 Å². The molecule has 0 radical (unpaired) electrons. The molecule has 3 aromatic rings. The third kappa shape index (κ3) is 6.12. The number of nitrogens with zero attached hydrogens (tertiary/aromatic N) is 2. The van der Waals surface area contributed by atoms with Crippen LogP contribution in [0.3, 0.4) is 0 Å². The molecule has 11 heteroatoms. The molecular formula is C23H21BrFN3O5S. The fourth-order valence-corrected chi connectivity index (χ4v) is 4.81. The molecule has 3 aromatic carbocycles. The number of ether oxygens (including phenoxy) is 2. The van der Waals surface area contributed by atoms with E-state index in [-0.39, 0.29) is 16.3 Å². The van der Waals surface area contributed by atoms with Gasteiger partial charge in [0.1, 0.15) is 12.4 Å². The number of nitrogens with one attached hydrogen (secondary N) is 1. The molecule has 178 valence electrons. The Balaban J connectivity index is 1.89. The largest absolute Gasteiger partial charge is 0.493 e. The number of halogens is 2. The Kier molecular flexibility index (Phi) is 8.24. The van der Waals surface area contributed by atoms with Crippen LogP contribution in [0.1, 0.15) is 5.56 Å². The molecule has 0 aromatic heterocycles. The van der Waals surface area contributed by atoms with Crippen molar-refractivity contribution in [2.75, 3.05) is 25.1 Å². The smallest absolute Gasteiger partial charge is 0.264 e. The third-order valence-electron chi connectivity index (χ3n) is 4.60. The maximum absolute atomic E-state index is 13.5. The molecule has 0 saturated carbocycles. The van der Waals surface area contributed by atoms with Crippen LogP contribution >= 0.6 is 15.9 Å². The monoisotopic (exact) mass is 549 g/mol. The summed E-state index contributed by atoms with van der Waals surface area (Å²) in [6, 6.07) is 16.0. The average molecular weight is 550 g/mol. The van der Waals surface area contributed by atoms with Crippen molar-refractivity contribution in [2.24, 2.45) is 5.10 Å². The predicted molar refractivity (Wildman–Crippen MR) is 130 cm³/mol. The van der Waals surface area contributed by atoms with Crippen molar-refractivity contribution in [3.63, 3.8) is 0 Å². The van der Waals surface area contributed by atoms with E-state index in [1.807, 2.05) is 6.07 Å². The predicted octanol–water partition coefficient (Wildman–Crippen LogP) is 3.95. The molecule has 0 heterocycles. The number of amides is 1. The summed E-state index contributed by atoms with van der Waals surface area (Å²) in [7, 11) is -1.44. The van der Waals surface area contributed by atoms with E-state index in [2.05, 4.69) is 26.5 Å². The maximum atomic E-state index is 13.5. The number of carbonyl (C=O) groups is 1. The lowest BCUT2D eigenvalue weighted by molar-refractivity contribution is -0.119. The number of hydrogen-bond acceptors (Lipinski definition) is 6. The second kappa shape index (κ2) is 11.1. The highest BCUT2D eigenvalue weighted by atomic mass is 79.9. The summed E-state index contributed by atoms with van der Waals surface area (Å²) >= 11 is 3.34. The number of benzene rings is 3. The molecule has 0 fully saturated rings. The zero-order valence-electron chi connectivity index (χ0n) is 18.2. The average Bonchev–Trinajstić information content (AvgIpc) is 2.82. The van der Waals surface area contributed by atoms with Crippen LogP contribution in [-0.4, -0.2) is 41.3 Å². The fourth-order valence-electron chi connectivity index (χ4n) is 2.96. The Labute approximate surface area is 205 Å². The topological polar surface area (TPSA) is 97.3 Å². The lowest BCUT2D eigenvalue weighted by Crippen LogP contribution is -2.39. The van der Waals surface area contributed by atoms with E-state index >= 15 is 0 Å². The van der Waals surface area contributed by atoms with Crippen LogP contribution in [0.5, 0.6) is 11.5 Å². The fraction of sp³-hybridized carbons (Fsp3) is 0.130. The number of methoxy groups -OCH3 is 2. The summed E-state index contributed by atoms with van der Waals surface area (Å²) < 4.78 is 52.5. The molecule has 1 N–H and O–H groups in total. The molecule has 0 aliphatic heterocycles. The maximum Gasteiger partial charge on any atom is 0.264 e. The van der Waals surface area contributed by atoms with Gasteiger partial charge >= 0.3 is 0 Å². The van der Waals surface area contributed by atoms with Crippen molar-refractivity contribution in [3.05, 3.63) is 82.6 Å². The molecule has 0 saturated heterocycles. The van der Waals surface area contributed by atoms with Crippen molar-refractivity contribution in [2.45, 2.75) is 4.90 Å². The number of hydrazone groups is 1. The van der Waals surface area contributed by atoms with E-state index in [9.17, 15) is 17.6 Å². The van der Waals surface area contributed by atoms with Gasteiger partial charge < -0.3 is 9.47 Å².